The van der Waals surface area contributed by atoms with Gasteiger partial charge >= 0.3 is 0 Å². The van der Waals surface area contributed by atoms with Crippen molar-refractivity contribution < 1.29 is 8.42 Å². The molecule has 1 atom stereocenters. The van der Waals surface area contributed by atoms with Crippen molar-refractivity contribution in [2.45, 2.75) is 31.9 Å². The first-order chi connectivity index (χ1) is 5.31. The molecule has 1 aliphatic carbocycles. The largest absolute Gasteiger partial charge is 0.229 e. The molecular formula is C9H16O2S. The second-order valence-corrected chi connectivity index (χ2v) is 6.52. The molecule has 0 aromatic heterocycles. The van der Waals surface area contributed by atoms with Gasteiger partial charge in [0.15, 0.2) is 9.84 Å². The van der Waals surface area contributed by atoms with Gasteiger partial charge in [0.05, 0.1) is 5.25 Å². The molecule has 0 saturated heterocycles. The molecular weight excluding hydrogens is 172 g/mol. The zero-order valence-electron chi connectivity index (χ0n) is 7.87. The summed E-state index contributed by atoms with van der Waals surface area (Å²) in [6.07, 6.45) is 6.88. The van der Waals surface area contributed by atoms with Crippen LogP contribution in [0.1, 0.15) is 26.7 Å². The highest BCUT2D eigenvalue weighted by molar-refractivity contribution is 7.91. The van der Waals surface area contributed by atoms with Crippen LogP contribution in [0.4, 0.5) is 0 Å². The van der Waals surface area contributed by atoms with Crippen LogP contribution in [-0.2, 0) is 9.84 Å². The van der Waals surface area contributed by atoms with E-state index >= 15 is 0 Å². The number of hydrogen-bond donors (Lipinski definition) is 0. The van der Waals surface area contributed by atoms with Crippen molar-refractivity contribution >= 4 is 9.84 Å². The third-order valence-corrected chi connectivity index (χ3v) is 3.88. The van der Waals surface area contributed by atoms with E-state index in [0.29, 0.717) is 0 Å². The Labute approximate surface area is 74.6 Å². The quantitative estimate of drug-likeness (QED) is 0.588. The normalized spacial score (nSPS) is 28.8. The number of allylic oxidation sites excluding steroid dienone is 1. The zero-order valence-corrected chi connectivity index (χ0v) is 8.69. The summed E-state index contributed by atoms with van der Waals surface area (Å²) >= 11 is 0. The Morgan fingerprint density at radius 2 is 2.00 bits per heavy atom. The fourth-order valence-electron chi connectivity index (χ4n) is 1.42. The predicted molar refractivity (Wildman–Crippen MR) is 50.8 cm³/mol. The van der Waals surface area contributed by atoms with Crippen LogP contribution in [-0.4, -0.2) is 19.9 Å². The van der Waals surface area contributed by atoms with Crippen LogP contribution in [0.3, 0.4) is 0 Å². The number of rotatable bonds is 1. The van der Waals surface area contributed by atoms with E-state index in [1.165, 1.54) is 6.26 Å². The van der Waals surface area contributed by atoms with Crippen LogP contribution in [0.5, 0.6) is 0 Å². The summed E-state index contributed by atoms with van der Waals surface area (Å²) in [6.45, 7) is 4.25. The molecule has 3 heteroatoms. The Morgan fingerprint density at radius 3 is 2.33 bits per heavy atom. The van der Waals surface area contributed by atoms with Crippen LogP contribution in [0.25, 0.3) is 0 Å². The Hall–Kier alpha value is -0.310. The molecule has 1 unspecified atom stereocenters. The van der Waals surface area contributed by atoms with Crippen molar-refractivity contribution in [1.82, 2.24) is 0 Å². The van der Waals surface area contributed by atoms with Crippen molar-refractivity contribution in [3.05, 3.63) is 12.2 Å². The van der Waals surface area contributed by atoms with Crippen molar-refractivity contribution in [3.8, 4) is 0 Å². The molecule has 0 aromatic rings. The highest BCUT2D eigenvalue weighted by atomic mass is 32.2. The van der Waals surface area contributed by atoms with Crippen molar-refractivity contribution in [3.63, 3.8) is 0 Å². The second kappa shape index (κ2) is 2.87. The maximum Gasteiger partial charge on any atom is 0.153 e. The SMILES string of the molecule is CC1(C)C=CC(S(C)(=O)=O)CC1. The van der Waals surface area contributed by atoms with E-state index in [9.17, 15) is 8.42 Å². The summed E-state index contributed by atoms with van der Waals surface area (Å²) in [6, 6.07) is 0. The van der Waals surface area contributed by atoms with Gasteiger partial charge in [-0.1, -0.05) is 26.0 Å². The van der Waals surface area contributed by atoms with Crippen molar-refractivity contribution in [2.75, 3.05) is 6.26 Å². The van der Waals surface area contributed by atoms with E-state index in [0.717, 1.165) is 12.8 Å². The van der Waals surface area contributed by atoms with Gasteiger partial charge in [0.2, 0.25) is 0 Å². The molecule has 12 heavy (non-hydrogen) atoms. The van der Waals surface area contributed by atoms with Crippen LogP contribution in [0.2, 0.25) is 0 Å². The van der Waals surface area contributed by atoms with Crippen LogP contribution < -0.4 is 0 Å². The summed E-state index contributed by atoms with van der Waals surface area (Å²) in [7, 11) is -2.86. The molecule has 0 amide bonds. The summed E-state index contributed by atoms with van der Waals surface area (Å²) in [5, 5.41) is -0.245. The third kappa shape index (κ3) is 2.34. The maximum absolute atomic E-state index is 11.1. The fraction of sp³-hybridized carbons (Fsp3) is 0.778. The third-order valence-electron chi connectivity index (χ3n) is 2.39. The molecule has 0 bridgehead atoms. The minimum Gasteiger partial charge on any atom is -0.229 e. The van der Waals surface area contributed by atoms with E-state index in [1.807, 2.05) is 12.2 Å². The molecule has 0 radical (unpaired) electrons. The first-order valence-corrected chi connectivity index (χ1v) is 6.15. The monoisotopic (exact) mass is 188 g/mol. The van der Waals surface area contributed by atoms with Crippen LogP contribution in [0, 0.1) is 5.41 Å². The van der Waals surface area contributed by atoms with E-state index in [4.69, 9.17) is 0 Å². The van der Waals surface area contributed by atoms with E-state index < -0.39 is 9.84 Å². The number of sulfone groups is 1. The lowest BCUT2D eigenvalue weighted by Gasteiger charge is -2.27. The smallest absolute Gasteiger partial charge is 0.153 e. The Balaban J connectivity index is 2.80. The van der Waals surface area contributed by atoms with Gasteiger partial charge in [-0.05, 0) is 18.3 Å². The van der Waals surface area contributed by atoms with Gasteiger partial charge in [0, 0.05) is 6.26 Å². The molecule has 70 valence electrons. The molecule has 1 aliphatic rings. The Kier molecular flexibility index (Phi) is 2.34. The molecule has 0 aromatic carbocycles. The van der Waals surface area contributed by atoms with E-state index in [-0.39, 0.29) is 10.7 Å². The van der Waals surface area contributed by atoms with Gasteiger partial charge in [-0.3, -0.25) is 0 Å². The standard InChI is InChI=1S/C9H16O2S/c1-9(2)6-4-8(5-7-9)12(3,10)11/h4,6,8H,5,7H2,1-3H3. The van der Waals surface area contributed by atoms with E-state index in [2.05, 4.69) is 13.8 Å². The minimum atomic E-state index is -2.86. The Bertz CT molecular complexity index is 286. The molecule has 0 spiro atoms. The molecule has 0 heterocycles. The summed E-state index contributed by atoms with van der Waals surface area (Å²) in [4.78, 5) is 0. The van der Waals surface area contributed by atoms with Crippen molar-refractivity contribution in [1.29, 1.82) is 0 Å². The fourth-order valence-corrected chi connectivity index (χ4v) is 2.33. The van der Waals surface area contributed by atoms with Crippen molar-refractivity contribution in [2.24, 2.45) is 5.41 Å². The predicted octanol–water partition coefficient (Wildman–Crippen LogP) is 1.78. The highest BCUT2D eigenvalue weighted by Crippen LogP contribution is 2.31. The summed E-state index contributed by atoms with van der Waals surface area (Å²) in [5.41, 5.74) is 0.182. The van der Waals surface area contributed by atoms with Gasteiger partial charge in [0.1, 0.15) is 0 Å². The molecule has 2 nitrogen and oxygen atoms in total. The molecule has 1 rings (SSSR count). The summed E-state index contributed by atoms with van der Waals surface area (Å²) in [5.74, 6) is 0. The average Bonchev–Trinajstić information content (AvgIpc) is 1.83. The van der Waals surface area contributed by atoms with Gasteiger partial charge in [-0.25, -0.2) is 8.42 Å². The van der Waals surface area contributed by atoms with Crippen LogP contribution in [0.15, 0.2) is 12.2 Å². The minimum absolute atomic E-state index is 0.182. The number of hydrogen-bond acceptors (Lipinski definition) is 2. The summed E-state index contributed by atoms with van der Waals surface area (Å²) < 4.78 is 22.3. The lowest BCUT2D eigenvalue weighted by atomic mass is 9.83. The zero-order chi connectivity index (χ0) is 9.41. The molecule has 0 N–H and O–H groups in total. The molecule has 0 saturated carbocycles. The molecule has 0 fully saturated rings. The van der Waals surface area contributed by atoms with Gasteiger partial charge in [-0.2, -0.15) is 0 Å². The highest BCUT2D eigenvalue weighted by Gasteiger charge is 2.26. The van der Waals surface area contributed by atoms with Gasteiger partial charge in [0.25, 0.3) is 0 Å². The maximum atomic E-state index is 11.1. The first-order valence-electron chi connectivity index (χ1n) is 4.19. The Morgan fingerprint density at radius 1 is 1.42 bits per heavy atom. The van der Waals surface area contributed by atoms with Gasteiger partial charge in [-0.15, -0.1) is 0 Å². The van der Waals surface area contributed by atoms with Gasteiger partial charge < -0.3 is 0 Å². The van der Waals surface area contributed by atoms with E-state index in [1.54, 1.807) is 0 Å². The average molecular weight is 188 g/mol. The van der Waals surface area contributed by atoms with Crippen LogP contribution >= 0.6 is 0 Å². The molecule has 0 aliphatic heterocycles. The lowest BCUT2D eigenvalue weighted by Crippen LogP contribution is -2.25. The lowest BCUT2D eigenvalue weighted by molar-refractivity contribution is 0.404. The first kappa shape index (κ1) is 9.78. The second-order valence-electron chi connectivity index (χ2n) is 4.25. The topological polar surface area (TPSA) is 34.1 Å².